The van der Waals surface area contributed by atoms with Crippen LogP contribution in [0.5, 0.6) is 0 Å². The predicted molar refractivity (Wildman–Crippen MR) is 67.9 cm³/mol. The van der Waals surface area contributed by atoms with Crippen LogP contribution in [0.3, 0.4) is 0 Å². The number of hydrogen-bond acceptors (Lipinski definition) is 2. The molecule has 1 aliphatic rings. The number of aliphatic hydroxyl groups is 2. The first-order valence-corrected chi connectivity index (χ1v) is 6.02. The highest BCUT2D eigenvalue weighted by Crippen LogP contribution is 2.55. The Morgan fingerprint density at radius 1 is 1.06 bits per heavy atom. The summed E-state index contributed by atoms with van der Waals surface area (Å²) in [6.45, 7) is 0.274. The van der Waals surface area contributed by atoms with Crippen molar-refractivity contribution < 1.29 is 10.2 Å². The first kappa shape index (κ1) is 10.8. The Bertz CT molecular complexity index is 544. The third kappa shape index (κ3) is 1.48. The van der Waals surface area contributed by atoms with Gasteiger partial charge >= 0.3 is 0 Å². The van der Waals surface area contributed by atoms with E-state index in [0.717, 1.165) is 6.42 Å². The van der Waals surface area contributed by atoms with Crippen LogP contribution in [0.15, 0.2) is 42.5 Å². The maximum atomic E-state index is 9.66. The average molecular weight is 228 g/mol. The molecule has 2 aromatic carbocycles. The third-order valence-electron chi connectivity index (χ3n) is 4.06. The Morgan fingerprint density at radius 3 is 2.53 bits per heavy atom. The fraction of sp³-hybridized carbons (Fsp3) is 0.333. The van der Waals surface area contributed by atoms with Crippen LogP contribution in [-0.4, -0.2) is 23.4 Å². The van der Waals surface area contributed by atoms with E-state index in [0.29, 0.717) is 0 Å². The van der Waals surface area contributed by atoms with E-state index in [9.17, 15) is 10.2 Å². The van der Waals surface area contributed by atoms with Crippen LogP contribution in [0.2, 0.25) is 0 Å². The van der Waals surface area contributed by atoms with E-state index in [-0.39, 0.29) is 24.5 Å². The van der Waals surface area contributed by atoms with Crippen LogP contribution < -0.4 is 0 Å². The normalized spacial score (nSPS) is 27.3. The zero-order valence-electron chi connectivity index (χ0n) is 9.63. The molecule has 2 aromatic rings. The van der Waals surface area contributed by atoms with E-state index in [4.69, 9.17) is 0 Å². The monoisotopic (exact) mass is 228 g/mol. The molecule has 0 amide bonds. The zero-order chi connectivity index (χ0) is 11.9. The second-order valence-electron chi connectivity index (χ2n) is 4.92. The molecule has 0 aromatic heterocycles. The molecule has 0 bridgehead atoms. The highest BCUT2D eigenvalue weighted by atomic mass is 16.3. The smallest absolute Gasteiger partial charge is 0.0531 e. The predicted octanol–water partition coefficient (Wildman–Crippen LogP) is 2.08. The molecular weight excluding hydrogens is 212 g/mol. The number of rotatable bonds is 3. The minimum Gasteiger partial charge on any atom is -0.396 e. The van der Waals surface area contributed by atoms with E-state index in [1.165, 1.54) is 16.3 Å². The summed E-state index contributed by atoms with van der Waals surface area (Å²) in [6.07, 6.45) is 0.883. The molecule has 2 N–H and O–H groups in total. The molecule has 1 fully saturated rings. The Kier molecular flexibility index (Phi) is 2.42. The van der Waals surface area contributed by atoms with Crippen LogP contribution in [-0.2, 0) is 5.41 Å². The summed E-state index contributed by atoms with van der Waals surface area (Å²) >= 11 is 0. The van der Waals surface area contributed by atoms with Crippen LogP contribution in [0.1, 0.15) is 12.0 Å². The molecular formula is C15H16O2. The van der Waals surface area contributed by atoms with E-state index >= 15 is 0 Å². The molecule has 0 heterocycles. The Hall–Kier alpha value is -1.38. The summed E-state index contributed by atoms with van der Waals surface area (Å²) in [4.78, 5) is 0. The van der Waals surface area contributed by atoms with Crippen molar-refractivity contribution in [3.05, 3.63) is 48.0 Å². The second-order valence-corrected chi connectivity index (χ2v) is 4.92. The minimum absolute atomic E-state index is 0.117. The van der Waals surface area contributed by atoms with Crippen molar-refractivity contribution in [3.63, 3.8) is 0 Å². The van der Waals surface area contributed by atoms with Gasteiger partial charge in [-0.05, 0) is 28.7 Å². The van der Waals surface area contributed by atoms with Gasteiger partial charge in [-0.15, -0.1) is 0 Å². The summed E-state index contributed by atoms with van der Waals surface area (Å²) in [6, 6.07) is 14.4. The quantitative estimate of drug-likeness (QED) is 0.844. The lowest BCUT2D eigenvalue weighted by molar-refractivity contribution is 0.214. The van der Waals surface area contributed by atoms with Gasteiger partial charge in [-0.1, -0.05) is 42.5 Å². The number of hydrogen-bond donors (Lipinski definition) is 2. The lowest BCUT2D eigenvalue weighted by Crippen LogP contribution is -2.17. The second kappa shape index (κ2) is 3.83. The first-order chi connectivity index (χ1) is 8.31. The van der Waals surface area contributed by atoms with Gasteiger partial charge in [0.1, 0.15) is 0 Å². The third-order valence-corrected chi connectivity index (χ3v) is 4.06. The van der Waals surface area contributed by atoms with Crippen LogP contribution in [0.25, 0.3) is 10.8 Å². The zero-order valence-corrected chi connectivity index (χ0v) is 9.63. The fourth-order valence-corrected chi connectivity index (χ4v) is 2.89. The Morgan fingerprint density at radius 2 is 1.82 bits per heavy atom. The maximum Gasteiger partial charge on any atom is 0.0531 e. The molecule has 0 radical (unpaired) electrons. The highest BCUT2D eigenvalue weighted by molar-refractivity contribution is 5.87. The Labute approximate surface area is 101 Å². The van der Waals surface area contributed by atoms with Crippen LogP contribution >= 0.6 is 0 Å². The molecule has 17 heavy (non-hydrogen) atoms. The number of fused-ring (bicyclic) bond motifs is 1. The fourth-order valence-electron chi connectivity index (χ4n) is 2.89. The van der Waals surface area contributed by atoms with Crippen molar-refractivity contribution in [1.82, 2.24) is 0 Å². The first-order valence-electron chi connectivity index (χ1n) is 6.02. The number of aliphatic hydroxyl groups excluding tert-OH is 2. The van der Waals surface area contributed by atoms with E-state index in [2.05, 4.69) is 24.3 Å². The SMILES string of the molecule is OCC1C[C@@]1(CO)c1cccc2ccccc12. The lowest BCUT2D eigenvalue weighted by atomic mass is 9.89. The lowest BCUT2D eigenvalue weighted by Gasteiger charge is -2.17. The van der Waals surface area contributed by atoms with Crippen molar-refractivity contribution >= 4 is 10.8 Å². The van der Waals surface area contributed by atoms with Gasteiger partial charge in [0.05, 0.1) is 6.61 Å². The molecule has 1 saturated carbocycles. The van der Waals surface area contributed by atoms with Gasteiger partial charge in [0.25, 0.3) is 0 Å². The van der Waals surface area contributed by atoms with Crippen molar-refractivity contribution in [1.29, 1.82) is 0 Å². The maximum absolute atomic E-state index is 9.66. The molecule has 88 valence electrons. The van der Waals surface area contributed by atoms with Crippen molar-refractivity contribution in [2.75, 3.05) is 13.2 Å². The van der Waals surface area contributed by atoms with Crippen molar-refractivity contribution in [3.8, 4) is 0 Å². The van der Waals surface area contributed by atoms with Crippen LogP contribution in [0.4, 0.5) is 0 Å². The summed E-state index contributed by atoms with van der Waals surface area (Å²) in [5.41, 5.74) is 0.965. The molecule has 0 spiro atoms. The molecule has 2 atom stereocenters. The molecule has 1 unspecified atom stereocenters. The molecule has 3 rings (SSSR count). The average Bonchev–Trinajstić information content (AvgIpc) is 3.13. The van der Waals surface area contributed by atoms with Crippen LogP contribution in [0, 0.1) is 5.92 Å². The van der Waals surface area contributed by atoms with Gasteiger partial charge in [-0.3, -0.25) is 0 Å². The van der Waals surface area contributed by atoms with Gasteiger partial charge in [-0.25, -0.2) is 0 Å². The summed E-state index contributed by atoms with van der Waals surface area (Å²) in [7, 11) is 0. The topological polar surface area (TPSA) is 40.5 Å². The summed E-state index contributed by atoms with van der Waals surface area (Å²) in [5.74, 6) is 0.207. The summed E-state index contributed by atoms with van der Waals surface area (Å²) in [5, 5.41) is 21.3. The van der Waals surface area contributed by atoms with Gasteiger partial charge in [0.15, 0.2) is 0 Å². The van der Waals surface area contributed by atoms with E-state index < -0.39 is 0 Å². The van der Waals surface area contributed by atoms with Crippen molar-refractivity contribution in [2.45, 2.75) is 11.8 Å². The van der Waals surface area contributed by atoms with Crippen molar-refractivity contribution in [2.24, 2.45) is 5.92 Å². The largest absolute Gasteiger partial charge is 0.396 e. The Balaban J connectivity index is 2.18. The molecule has 1 aliphatic carbocycles. The molecule has 0 aliphatic heterocycles. The van der Waals surface area contributed by atoms with Gasteiger partial charge < -0.3 is 10.2 Å². The van der Waals surface area contributed by atoms with E-state index in [1.807, 2.05) is 18.2 Å². The number of benzene rings is 2. The van der Waals surface area contributed by atoms with Gasteiger partial charge in [0, 0.05) is 12.0 Å². The van der Waals surface area contributed by atoms with Gasteiger partial charge in [-0.2, -0.15) is 0 Å². The molecule has 2 nitrogen and oxygen atoms in total. The van der Waals surface area contributed by atoms with Gasteiger partial charge in [0.2, 0.25) is 0 Å². The van der Waals surface area contributed by atoms with E-state index in [1.54, 1.807) is 0 Å². The highest BCUT2D eigenvalue weighted by Gasteiger charge is 2.54. The standard InChI is InChI=1S/C15H16O2/c16-9-12-8-15(12,10-17)14-7-3-5-11-4-1-2-6-13(11)14/h1-7,12,16-17H,8-10H2/t12?,15-/m0/s1. The summed E-state index contributed by atoms with van der Waals surface area (Å²) < 4.78 is 0. The molecule has 2 heteroatoms. The molecule has 0 saturated heterocycles. The minimum atomic E-state index is -0.213.